The molecular weight excluding hydrogens is 143 g/mol. The van der Waals surface area contributed by atoms with Gasteiger partial charge in [-0.1, -0.05) is 0 Å². The van der Waals surface area contributed by atoms with E-state index in [9.17, 15) is 9.18 Å². The van der Waals surface area contributed by atoms with Crippen LogP contribution in [0.2, 0.25) is 0 Å². The molecule has 3 heteroatoms. The molecule has 1 nitrogen and oxygen atoms in total. The van der Waals surface area contributed by atoms with Crippen molar-refractivity contribution in [2.45, 2.75) is 24.9 Å². The molecule has 0 radical (unpaired) electrons. The van der Waals surface area contributed by atoms with E-state index in [-0.39, 0.29) is 5.24 Å². The van der Waals surface area contributed by atoms with Crippen LogP contribution in [0.5, 0.6) is 0 Å². The van der Waals surface area contributed by atoms with Crippen LogP contribution in [0.25, 0.3) is 0 Å². The molecule has 2 bridgehead atoms. The standard InChI is InChI=1S/C6H6ClFO/c7-4(9)5-1-6(8,2-5)3-5/h1-3H2/t5-,6-. The summed E-state index contributed by atoms with van der Waals surface area (Å²) >= 11 is 5.22. The molecule has 0 N–H and O–H groups in total. The maximum atomic E-state index is 12.7. The molecule has 3 aliphatic carbocycles. The molecule has 0 atom stereocenters. The van der Waals surface area contributed by atoms with E-state index in [1.54, 1.807) is 0 Å². The molecule has 0 aromatic heterocycles. The van der Waals surface area contributed by atoms with Gasteiger partial charge in [0.2, 0.25) is 5.24 Å². The summed E-state index contributed by atoms with van der Waals surface area (Å²) in [5, 5.41) is -0.345. The van der Waals surface area contributed by atoms with Crippen molar-refractivity contribution in [2.24, 2.45) is 5.41 Å². The second-order valence-corrected chi connectivity index (χ2v) is 3.58. The Morgan fingerprint density at radius 1 is 1.44 bits per heavy atom. The average molecular weight is 149 g/mol. The minimum absolute atomic E-state index is 0.345. The van der Waals surface area contributed by atoms with Gasteiger partial charge in [-0.15, -0.1) is 0 Å². The lowest BCUT2D eigenvalue weighted by molar-refractivity contribution is -0.205. The van der Waals surface area contributed by atoms with Gasteiger partial charge >= 0.3 is 0 Å². The monoisotopic (exact) mass is 148 g/mol. The predicted molar refractivity (Wildman–Crippen MR) is 31.0 cm³/mol. The second-order valence-electron chi connectivity index (χ2n) is 3.24. The minimum Gasteiger partial charge on any atom is -0.281 e. The Balaban J connectivity index is 2.13. The molecule has 0 aromatic rings. The Labute approximate surface area is 57.2 Å². The zero-order valence-electron chi connectivity index (χ0n) is 4.79. The predicted octanol–water partition coefficient (Wildman–Crippen LogP) is 1.64. The first kappa shape index (κ1) is 5.66. The topological polar surface area (TPSA) is 17.1 Å². The minimum atomic E-state index is -0.995. The highest BCUT2D eigenvalue weighted by Gasteiger charge is 2.72. The van der Waals surface area contributed by atoms with Crippen molar-refractivity contribution < 1.29 is 9.18 Å². The van der Waals surface area contributed by atoms with Crippen molar-refractivity contribution in [3.63, 3.8) is 0 Å². The van der Waals surface area contributed by atoms with E-state index in [1.807, 2.05) is 0 Å². The molecule has 3 rings (SSSR count). The number of carbonyl (C=O) groups excluding carboxylic acids is 1. The summed E-state index contributed by atoms with van der Waals surface area (Å²) in [7, 11) is 0. The number of hydrogen-bond donors (Lipinski definition) is 0. The Morgan fingerprint density at radius 3 is 2.00 bits per heavy atom. The van der Waals surface area contributed by atoms with Crippen LogP contribution in [0.4, 0.5) is 4.39 Å². The van der Waals surface area contributed by atoms with E-state index in [0.717, 1.165) is 0 Å². The summed E-state index contributed by atoms with van der Waals surface area (Å²) in [5.74, 6) is 0. The fourth-order valence-electron chi connectivity index (χ4n) is 1.87. The first-order valence-corrected chi connectivity index (χ1v) is 3.33. The molecule has 0 aliphatic heterocycles. The lowest BCUT2D eigenvalue weighted by Crippen LogP contribution is -2.66. The Bertz CT molecular complexity index is 170. The van der Waals surface area contributed by atoms with Gasteiger partial charge in [0.1, 0.15) is 5.67 Å². The normalized spacial score (nSPS) is 53.6. The van der Waals surface area contributed by atoms with Crippen molar-refractivity contribution in [3.05, 3.63) is 0 Å². The van der Waals surface area contributed by atoms with Crippen LogP contribution < -0.4 is 0 Å². The summed E-state index contributed by atoms with van der Waals surface area (Å²) in [5.41, 5.74) is -1.42. The third kappa shape index (κ3) is 0.480. The average Bonchev–Trinajstić information content (AvgIpc) is 1.54. The van der Waals surface area contributed by atoms with Gasteiger partial charge in [0.25, 0.3) is 0 Å². The first-order chi connectivity index (χ1) is 4.06. The highest BCUT2D eigenvalue weighted by Crippen LogP contribution is 2.70. The molecule has 0 heterocycles. The van der Waals surface area contributed by atoms with Gasteiger partial charge in [-0.3, -0.25) is 4.79 Å². The summed E-state index contributed by atoms with van der Waals surface area (Å²) in [6.45, 7) is 0. The number of carbonyl (C=O) groups is 1. The largest absolute Gasteiger partial charge is 0.281 e. The second kappa shape index (κ2) is 1.17. The van der Waals surface area contributed by atoms with Crippen molar-refractivity contribution in [1.29, 1.82) is 0 Å². The molecule has 50 valence electrons. The number of rotatable bonds is 1. The Kier molecular flexibility index (Phi) is 0.736. The Morgan fingerprint density at radius 2 is 1.89 bits per heavy atom. The van der Waals surface area contributed by atoms with Gasteiger partial charge in [-0.2, -0.15) is 0 Å². The van der Waals surface area contributed by atoms with E-state index in [2.05, 4.69) is 0 Å². The number of alkyl halides is 1. The molecule has 3 saturated carbocycles. The molecule has 0 spiro atoms. The van der Waals surface area contributed by atoms with E-state index in [0.29, 0.717) is 19.3 Å². The van der Waals surface area contributed by atoms with Crippen LogP contribution in [-0.4, -0.2) is 10.9 Å². The SMILES string of the molecule is O=C(Cl)[C@]12C[C@@](F)(C1)C2. The van der Waals surface area contributed by atoms with Crippen molar-refractivity contribution in [3.8, 4) is 0 Å². The molecule has 0 aromatic carbocycles. The maximum absolute atomic E-state index is 12.7. The van der Waals surface area contributed by atoms with Gasteiger partial charge in [0.15, 0.2) is 0 Å². The van der Waals surface area contributed by atoms with E-state index >= 15 is 0 Å². The molecule has 3 fully saturated rings. The third-order valence-electron chi connectivity index (χ3n) is 2.38. The maximum Gasteiger partial charge on any atom is 0.228 e. The zero-order valence-corrected chi connectivity index (χ0v) is 5.54. The van der Waals surface area contributed by atoms with Crippen LogP contribution in [0.15, 0.2) is 0 Å². The van der Waals surface area contributed by atoms with Crippen LogP contribution in [-0.2, 0) is 4.79 Å². The summed E-state index contributed by atoms with van der Waals surface area (Å²) in [6, 6.07) is 0. The van der Waals surface area contributed by atoms with E-state index < -0.39 is 11.1 Å². The molecule has 0 unspecified atom stereocenters. The van der Waals surface area contributed by atoms with E-state index in [4.69, 9.17) is 11.6 Å². The number of halogens is 2. The zero-order chi connectivity index (χ0) is 6.70. The van der Waals surface area contributed by atoms with Gasteiger partial charge < -0.3 is 0 Å². The highest BCUT2D eigenvalue weighted by molar-refractivity contribution is 6.65. The summed E-state index contributed by atoms with van der Waals surface area (Å²) < 4.78 is 12.7. The van der Waals surface area contributed by atoms with Gasteiger partial charge in [-0.05, 0) is 30.9 Å². The summed E-state index contributed by atoms with van der Waals surface area (Å²) in [6.07, 6.45) is 1.13. The van der Waals surface area contributed by atoms with Crippen LogP contribution in [0, 0.1) is 5.41 Å². The molecular formula is C6H6ClFO. The fourth-order valence-corrected chi connectivity index (χ4v) is 2.07. The molecule has 3 aliphatic rings. The molecule has 9 heavy (non-hydrogen) atoms. The van der Waals surface area contributed by atoms with Gasteiger partial charge in [0, 0.05) is 0 Å². The first-order valence-electron chi connectivity index (χ1n) is 2.95. The van der Waals surface area contributed by atoms with Crippen LogP contribution in [0.1, 0.15) is 19.3 Å². The van der Waals surface area contributed by atoms with Gasteiger partial charge in [0.05, 0.1) is 5.41 Å². The summed E-state index contributed by atoms with van der Waals surface area (Å²) in [4.78, 5) is 10.5. The number of hydrogen-bond acceptors (Lipinski definition) is 1. The highest BCUT2D eigenvalue weighted by atomic mass is 35.5. The molecule has 0 amide bonds. The van der Waals surface area contributed by atoms with Crippen LogP contribution >= 0.6 is 11.6 Å². The Hall–Kier alpha value is -0.110. The smallest absolute Gasteiger partial charge is 0.228 e. The fraction of sp³-hybridized carbons (Fsp3) is 0.833. The molecule has 0 saturated heterocycles. The lowest BCUT2D eigenvalue weighted by atomic mass is 9.43. The quantitative estimate of drug-likeness (QED) is 0.517. The van der Waals surface area contributed by atoms with Crippen molar-refractivity contribution in [1.82, 2.24) is 0 Å². The lowest BCUT2D eigenvalue weighted by Gasteiger charge is -2.63. The van der Waals surface area contributed by atoms with Crippen LogP contribution in [0.3, 0.4) is 0 Å². The van der Waals surface area contributed by atoms with Gasteiger partial charge in [-0.25, -0.2) is 4.39 Å². The van der Waals surface area contributed by atoms with Crippen molar-refractivity contribution >= 4 is 16.8 Å². The third-order valence-corrected chi connectivity index (χ3v) is 2.78. The van der Waals surface area contributed by atoms with Crippen molar-refractivity contribution in [2.75, 3.05) is 0 Å². The van der Waals surface area contributed by atoms with E-state index in [1.165, 1.54) is 0 Å².